The number of Topliss-reactive ketones (excluding diaryl/α,β-unsaturated/α-hetero) is 1. The Balaban J connectivity index is 1.41. The summed E-state index contributed by atoms with van der Waals surface area (Å²) in [7, 11) is 0. The van der Waals surface area contributed by atoms with Gasteiger partial charge >= 0.3 is 0 Å². The first-order chi connectivity index (χ1) is 19.5. The number of carbonyl (C=O) groups is 3. The van der Waals surface area contributed by atoms with Gasteiger partial charge in [0.05, 0.1) is 0 Å². The number of ketones is 1. The highest BCUT2D eigenvalue weighted by molar-refractivity contribution is 5.95. The average molecular weight is 537 g/mol. The van der Waals surface area contributed by atoms with Gasteiger partial charge in [0.1, 0.15) is 11.8 Å². The molecule has 7 heteroatoms. The van der Waals surface area contributed by atoms with E-state index >= 15 is 0 Å². The normalized spacial score (nSPS) is 11.9. The predicted molar refractivity (Wildman–Crippen MR) is 159 cm³/mol. The molecule has 3 N–H and O–H groups in total. The minimum Gasteiger partial charge on any atom is -0.354 e. The van der Waals surface area contributed by atoms with E-state index in [1.165, 1.54) is 6.08 Å². The Bertz CT molecular complexity index is 1440. The number of pyridine rings is 1. The van der Waals surface area contributed by atoms with E-state index in [9.17, 15) is 14.4 Å². The molecular weight excluding hydrogens is 500 g/mol. The molecule has 2 aromatic carbocycles. The lowest BCUT2D eigenvalue weighted by Gasteiger charge is -2.18. The fourth-order valence-corrected chi connectivity index (χ4v) is 4.78. The van der Waals surface area contributed by atoms with Crippen molar-refractivity contribution in [3.8, 4) is 11.3 Å². The van der Waals surface area contributed by atoms with Gasteiger partial charge in [0.2, 0.25) is 11.8 Å². The van der Waals surface area contributed by atoms with Crippen LogP contribution >= 0.6 is 0 Å². The first-order valence-corrected chi connectivity index (χ1v) is 13.8. The summed E-state index contributed by atoms with van der Waals surface area (Å²) in [5.41, 5.74) is 5.14. The highest BCUT2D eigenvalue weighted by atomic mass is 16.2. The number of unbranched alkanes of at least 4 members (excludes halogenated alkanes) is 2. The summed E-state index contributed by atoms with van der Waals surface area (Å²) < 4.78 is 0. The third-order valence-electron chi connectivity index (χ3n) is 6.82. The molecule has 0 aliphatic rings. The number of hydrogen-bond donors (Lipinski definition) is 3. The van der Waals surface area contributed by atoms with Crippen LogP contribution in [0.15, 0.2) is 85.2 Å². The Morgan fingerprint density at radius 2 is 1.75 bits per heavy atom. The van der Waals surface area contributed by atoms with Crippen LogP contribution in [-0.2, 0) is 20.8 Å². The largest absolute Gasteiger partial charge is 0.354 e. The molecular formula is C33H36N4O3. The number of aromatic amines is 1. The zero-order valence-electron chi connectivity index (χ0n) is 22.9. The van der Waals surface area contributed by atoms with Gasteiger partial charge in [-0.3, -0.25) is 14.6 Å². The molecule has 40 heavy (non-hydrogen) atoms. The van der Waals surface area contributed by atoms with Crippen molar-refractivity contribution in [3.05, 3.63) is 96.3 Å². The summed E-state index contributed by atoms with van der Waals surface area (Å²) in [6, 6.07) is 21.3. The Labute approximate surface area is 235 Å². The van der Waals surface area contributed by atoms with E-state index in [4.69, 9.17) is 0 Å². The maximum Gasteiger partial charge on any atom is 0.244 e. The summed E-state index contributed by atoms with van der Waals surface area (Å²) >= 11 is 0. The molecule has 2 heterocycles. The number of aromatic nitrogens is 2. The SMILES string of the molecule is CC(=O)CCCCC[C@H](NC(=O)C=Cc1cccnc1)C(=O)NCCc1c(-c2ccccc2)[nH]c2ccccc12. The first-order valence-electron chi connectivity index (χ1n) is 13.8. The molecule has 0 unspecified atom stereocenters. The van der Waals surface area contributed by atoms with E-state index < -0.39 is 6.04 Å². The summed E-state index contributed by atoms with van der Waals surface area (Å²) in [6.07, 6.45) is 10.4. The van der Waals surface area contributed by atoms with E-state index in [1.807, 2.05) is 36.4 Å². The van der Waals surface area contributed by atoms with Crippen molar-refractivity contribution in [2.24, 2.45) is 0 Å². The maximum atomic E-state index is 13.3. The average Bonchev–Trinajstić information content (AvgIpc) is 3.34. The lowest BCUT2D eigenvalue weighted by molar-refractivity contribution is -0.127. The van der Waals surface area contributed by atoms with Crippen LogP contribution in [0.5, 0.6) is 0 Å². The van der Waals surface area contributed by atoms with Crippen LogP contribution in [0.25, 0.3) is 28.2 Å². The van der Waals surface area contributed by atoms with Crippen LogP contribution in [0.3, 0.4) is 0 Å². The minimum absolute atomic E-state index is 0.162. The number of rotatable bonds is 14. The van der Waals surface area contributed by atoms with Gasteiger partial charge < -0.3 is 20.4 Å². The van der Waals surface area contributed by atoms with Gasteiger partial charge in [0.15, 0.2) is 0 Å². The summed E-state index contributed by atoms with van der Waals surface area (Å²) in [5.74, 6) is -0.387. The summed E-state index contributed by atoms with van der Waals surface area (Å²) in [6.45, 7) is 2.02. The Kier molecular flexibility index (Phi) is 10.4. The fourth-order valence-electron chi connectivity index (χ4n) is 4.78. The van der Waals surface area contributed by atoms with Gasteiger partial charge in [-0.2, -0.15) is 0 Å². The van der Waals surface area contributed by atoms with E-state index in [-0.39, 0.29) is 17.6 Å². The molecule has 0 aliphatic heterocycles. The van der Waals surface area contributed by atoms with Gasteiger partial charge in [-0.1, -0.05) is 67.4 Å². The van der Waals surface area contributed by atoms with Gasteiger partial charge in [-0.25, -0.2) is 0 Å². The van der Waals surface area contributed by atoms with Crippen molar-refractivity contribution < 1.29 is 14.4 Å². The molecule has 206 valence electrons. The van der Waals surface area contributed by atoms with Crippen molar-refractivity contribution in [2.75, 3.05) is 6.54 Å². The third kappa shape index (κ3) is 8.24. The molecule has 4 rings (SSSR count). The number of nitrogens with one attached hydrogen (secondary N) is 3. The predicted octanol–water partition coefficient (Wildman–Crippen LogP) is 5.63. The zero-order chi connectivity index (χ0) is 28.2. The number of H-pyrrole nitrogens is 1. The number of fused-ring (bicyclic) bond motifs is 1. The van der Waals surface area contributed by atoms with E-state index in [0.29, 0.717) is 25.8 Å². The number of nitrogens with zero attached hydrogens (tertiary/aromatic N) is 1. The second kappa shape index (κ2) is 14.6. The molecule has 2 amide bonds. The second-order valence-electron chi connectivity index (χ2n) is 9.91. The fraction of sp³-hybridized carbons (Fsp3) is 0.273. The highest BCUT2D eigenvalue weighted by Gasteiger charge is 2.20. The number of amides is 2. The van der Waals surface area contributed by atoms with Crippen molar-refractivity contribution in [1.82, 2.24) is 20.6 Å². The van der Waals surface area contributed by atoms with Gasteiger partial charge in [-0.15, -0.1) is 0 Å². The lowest BCUT2D eigenvalue weighted by Crippen LogP contribution is -2.46. The molecule has 1 atom stereocenters. The van der Waals surface area contributed by atoms with Crippen LogP contribution in [0, 0.1) is 0 Å². The first kappa shape index (κ1) is 28.5. The Morgan fingerprint density at radius 1 is 0.950 bits per heavy atom. The molecule has 0 bridgehead atoms. The summed E-state index contributed by atoms with van der Waals surface area (Å²) in [4.78, 5) is 44.8. The standard InChI is InChI=1S/C33H36N4O3/c1-24(38)11-4-2-7-17-30(36-31(39)19-18-25-12-10-21-34-23-25)33(40)35-22-20-28-27-15-8-9-16-29(27)37-32(28)26-13-5-3-6-14-26/h3,5-6,8-10,12-16,18-19,21,23,30,37H,2,4,7,11,17,20,22H2,1H3,(H,35,40)(H,36,39)/t30-/m0/s1. The monoisotopic (exact) mass is 536 g/mol. The molecule has 0 saturated heterocycles. The smallest absolute Gasteiger partial charge is 0.244 e. The van der Waals surface area contributed by atoms with Gasteiger partial charge in [0.25, 0.3) is 0 Å². The van der Waals surface area contributed by atoms with Gasteiger partial charge in [-0.05, 0) is 61.1 Å². The zero-order valence-corrected chi connectivity index (χ0v) is 22.9. The lowest BCUT2D eigenvalue weighted by atomic mass is 10.0. The van der Waals surface area contributed by atoms with Crippen LogP contribution in [0.2, 0.25) is 0 Å². The van der Waals surface area contributed by atoms with Crippen LogP contribution in [-0.4, -0.2) is 40.2 Å². The maximum absolute atomic E-state index is 13.3. The Hall–Kier alpha value is -4.52. The molecule has 0 spiro atoms. The molecule has 0 aliphatic carbocycles. The van der Waals surface area contributed by atoms with Crippen molar-refractivity contribution >= 4 is 34.6 Å². The highest BCUT2D eigenvalue weighted by Crippen LogP contribution is 2.30. The van der Waals surface area contributed by atoms with Gasteiger partial charge in [0, 0.05) is 48.0 Å². The molecule has 4 aromatic rings. The second-order valence-corrected chi connectivity index (χ2v) is 9.91. The Morgan fingerprint density at radius 3 is 2.52 bits per heavy atom. The van der Waals surface area contributed by atoms with Crippen LogP contribution < -0.4 is 10.6 Å². The minimum atomic E-state index is -0.667. The third-order valence-corrected chi connectivity index (χ3v) is 6.82. The molecule has 2 aromatic heterocycles. The topological polar surface area (TPSA) is 104 Å². The van der Waals surface area contributed by atoms with Crippen molar-refractivity contribution in [1.29, 1.82) is 0 Å². The molecule has 7 nitrogen and oxygen atoms in total. The summed E-state index contributed by atoms with van der Waals surface area (Å²) in [5, 5.41) is 7.04. The molecule has 0 saturated carbocycles. The number of hydrogen-bond acceptors (Lipinski definition) is 4. The van der Waals surface area contributed by atoms with Crippen LogP contribution in [0.1, 0.15) is 50.2 Å². The van der Waals surface area contributed by atoms with Crippen molar-refractivity contribution in [3.63, 3.8) is 0 Å². The van der Waals surface area contributed by atoms with Crippen molar-refractivity contribution in [2.45, 2.75) is 51.5 Å². The quantitative estimate of drug-likeness (QED) is 0.144. The number of para-hydroxylation sites is 1. The number of benzene rings is 2. The molecule has 0 fully saturated rings. The number of carbonyl (C=O) groups excluding carboxylic acids is 3. The van der Waals surface area contributed by atoms with E-state index in [1.54, 1.807) is 31.5 Å². The van der Waals surface area contributed by atoms with E-state index in [0.717, 1.165) is 52.5 Å². The molecule has 0 radical (unpaired) electrons. The van der Waals surface area contributed by atoms with E-state index in [2.05, 4.69) is 44.9 Å². The van der Waals surface area contributed by atoms with Crippen LogP contribution in [0.4, 0.5) is 0 Å².